The van der Waals surface area contributed by atoms with Crippen LogP contribution in [0.4, 0.5) is 4.39 Å². The molecular weight excluding hydrogens is 265 g/mol. The predicted molar refractivity (Wildman–Crippen MR) is 79.7 cm³/mol. The molecule has 2 unspecified atom stereocenters. The molecule has 1 saturated carbocycles. The van der Waals surface area contributed by atoms with E-state index in [1.165, 1.54) is 36.1 Å². The van der Waals surface area contributed by atoms with Gasteiger partial charge in [-0.15, -0.1) is 0 Å². The summed E-state index contributed by atoms with van der Waals surface area (Å²) in [6.07, 6.45) is 3.22. The van der Waals surface area contributed by atoms with Crippen molar-refractivity contribution in [1.82, 2.24) is 0 Å². The summed E-state index contributed by atoms with van der Waals surface area (Å²) in [4.78, 5) is 0. The van der Waals surface area contributed by atoms with Crippen molar-refractivity contribution in [1.29, 1.82) is 0 Å². The van der Waals surface area contributed by atoms with Crippen LogP contribution >= 0.6 is 0 Å². The van der Waals surface area contributed by atoms with Crippen LogP contribution in [0, 0.1) is 5.82 Å². The molecule has 1 fully saturated rings. The van der Waals surface area contributed by atoms with Crippen molar-refractivity contribution >= 4 is 0 Å². The molecule has 21 heavy (non-hydrogen) atoms. The Balaban J connectivity index is 1.65. The molecular formula is C18H18FNO. The predicted octanol–water partition coefficient (Wildman–Crippen LogP) is 4.23. The fourth-order valence-electron chi connectivity index (χ4n) is 3.11. The summed E-state index contributed by atoms with van der Waals surface area (Å²) >= 11 is 0. The number of rotatable bonds is 2. The SMILES string of the molecule is NC1CC(c2cccc(C3CC3)c2)Oc2ccc(F)cc21. The molecule has 0 bridgehead atoms. The highest BCUT2D eigenvalue weighted by molar-refractivity contribution is 5.40. The summed E-state index contributed by atoms with van der Waals surface area (Å²) in [5.41, 5.74) is 9.54. The monoisotopic (exact) mass is 283 g/mol. The van der Waals surface area contributed by atoms with E-state index in [1.807, 2.05) is 0 Å². The number of benzene rings is 2. The summed E-state index contributed by atoms with van der Waals surface area (Å²) in [6, 6.07) is 13.0. The van der Waals surface area contributed by atoms with Crippen LogP contribution in [-0.2, 0) is 0 Å². The first-order valence-electron chi connectivity index (χ1n) is 7.52. The van der Waals surface area contributed by atoms with Crippen molar-refractivity contribution < 1.29 is 9.13 Å². The number of nitrogens with two attached hydrogens (primary N) is 1. The van der Waals surface area contributed by atoms with Gasteiger partial charge in [0.05, 0.1) is 0 Å². The number of hydrogen-bond acceptors (Lipinski definition) is 2. The van der Waals surface area contributed by atoms with E-state index >= 15 is 0 Å². The van der Waals surface area contributed by atoms with E-state index < -0.39 is 0 Å². The molecule has 108 valence electrons. The molecule has 2 aromatic rings. The van der Waals surface area contributed by atoms with Crippen LogP contribution in [0.1, 0.15) is 54.0 Å². The van der Waals surface area contributed by atoms with E-state index in [0.717, 1.165) is 11.5 Å². The molecule has 0 aromatic heterocycles. The second-order valence-corrected chi connectivity index (χ2v) is 6.08. The summed E-state index contributed by atoms with van der Waals surface area (Å²) in [7, 11) is 0. The Morgan fingerprint density at radius 1 is 1.05 bits per heavy atom. The lowest BCUT2D eigenvalue weighted by atomic mass is 9.92. The highest BCUT2D eigenvalue weighted by Crippen LogP contribution is 2.43. The summed E-state index contributed by atoms with van der Waals surface area (Å²) in [5, 5.41) is 0. The molecule has 1 aliphatic heterocycles. The summed E-state index contributed by atoms with van der Waals surface area (Å²) < 4.78 is 19.4. The van der Waals surface area contributed by atoms with Gasteiger partial charge < -0.3 is 10.5 Å². The first kappa shape index (κ1) is 12.8. The minimum absolute atomic E-state index is 0.0448. The molecule has 0 amide bonds. The highest BCUT2D eigenvalue weighted by atomic mass is 19.1. The van der Waals surface area contributed by atoms with Gasteiger partial charge in [-0.3, -0.25) is 0 Å². The van der Waals surface area contributed by atoms with Crippen LogP contribution in [0.3, 0.4) is 0 Å². The molecule has 0 spiro atoms. The molecule has 4 rings (SSSR count). The molecule has 2 nitrogen and oxygen atoms in total. The van der Waals surface area contributed by atoms with Crippen LogP contribution in [0.15, 0.2) is 42.5 Å². The normalized spacial score (nSPS) is 24.3. The van der Waals surface area contributed by atoms with Gasteiger partial charge in [-0.1, -0.05) is 24.3 Å². The van der Waals surface area contributed by atoms with E-state index in [0.29, 0.717) is 12.2 Å². The minimum Gasteiger partial charge on any atom is -0.485 e. The van der Waals surface area contributed by atoms with Crippen LogP contribution in [-0.4, -0.2) is 0 Å². The number of ether oxygens (including phenoxy) is 1. The van der Waals surface area contributed by atoms with Crippen molar-refractivity contribution in [2.45, 2.75) is 37.3 Å². The third-order valence-electron chi connectivity index (χ3n) is 4.44. The lowest BCUT2D eigenvalue weighted by Gasteiger charge is -2.30. The van der Waals surface area contributed by atoms with Gasteiger partial charge in [-0.2, -0.15) is 0 Å². The average Bonchev–Trinajstić information content (AvgIpc) is 3.33. The highest BCUT2D eigenvalue weighted by Gasteiger charge is 2.29. The van der Waals surface area contributed by atoms with Crippen LogP contribution in [0.5, 0.6) is 5.75 Å². The Labute approximate surface area is 123 Å². The molecule has 1 heterocycles. The van der Waals surface area contributed by atoms with E-state index in [2.05, 4.69) is 24.3 Å². The second-order valence-electron chi connectivity index (χ2n) is 6.08. The molecule has 0 saturated heterocycles. The maximum atomic E-state index is 13.3. The zero-order valence-corrected chi connectivity index (χ0v) is 11.8. The standard InChI is InChI=1S/C18H18FNO/c19-14-6-7-17-15(9-14)16(20)10-18(21-17)13-3-1-2-12(8-13)11-4-5-11/h1-3,6-9,11,16,18H,4-5,10,20H2. The number of fused-ring (bicyclic) bond motifs is 1. The van der Waals surface area contributed by atoms with Crippen molar-refractivity contribution in [3.8, 4) is 5.75 Å². The third kappa shape index (κ3) is 2.42. The molecule has 2 aromatic carbocycles. The first-order chi connectivity index (χ1) is 10.2. The van der Waals surface area contributed by atoms with Crippen LogP contribution < -0.4 is 10.5 Å². The Kier molecular flexibility index (Phi) is 2.96. The number of hydrogen-bond donors (Lipinski definition) is 1. The fourth-order valence-corrected chi connectivity index (χ4v) is 3.11. The average molecular weight is 283 g/mol. The van der Waals surface area contributed by atoms with Crippen LogP contribution in [0.2, 0.25) is 0 Å². The van der Waals surface area contributed by atoms with Gasteiger partial charge in [-0.25, -0.2) is 4.39 Å². The van der Waals surface area contributed by atoms with Gasteiger partial charge in [0.2, 0.25) is 0 Å². The summed E-state index contributed by atoms with van der Waals surface area (Å²) in [5.74, 6) is 1.17. The largest absolute Gasteiger partial charge is 0.485 e. The van der Waals surface area contributed by atoms with E-state index in [4.69, 9.17) is 10.5 Å². The Bertz CT molecular complexity index is 681. The molecule has 1 aliphatic carbocycles. The van der Waals surface area contributed by atoms with E-state index in [9.17, 15) is 4.39 Å². The van der Waals surface area contributed by atoms with Gasteiger partial charge in [0, 0.05) is 18.0 Å². The van der Waals surface area contributed by atoms with Crippen molar-refractivity contribution in [3.63, 3.8) is 0 Å². The lowest BCUT2D eigenvalue weighted by molar-refractivity contribution is 0.161. The van der Waals surface area contributed by atoms with Crippen molar-refractivity contribution in [3.05, 3.63) is 65.0 Å². The maximum Gasteiger partial charge on any atom is 0.126 e. The van der Waals surface area contributed by atoms with Gasteiger partial charge in [0.1, 0.15) is 17.7 Å². The quantitative estimate of drug-likeness (QED) is 0.895. The zero-order valence-electron chi connectivity index (χ0n) is 11.8. The van der Waals surface area contributed by atoms with Crippen LogP contribution in [0.25, 0.3) is 0 Å². The smallest absolute Gasteiger partial charge is 0.126 e. The summed E-state index contributed by atoms with van der Waals surface area (Å²) in [6.45, 7) is 0. The first-order valence-corrected chi connectivity index (χ1v) is 7.52. The molecule has 0 radical (unpaired) electrons. The van der Waals surface area contributed by atoms with Gasteiger partial charge in [0.25, 0.3) is 0 Å². The maximum absolute atomic E-state index is 13.3. The van der Waals surface area contributed by atoms with Crippen molar-refractivity contribution in [2.24, 2.45) is 5.73 Å². The second kappa shape index (κ2) is 4.85. The zero-order chi connectivity index (χ0) is 14.4. The molecule has 2 atom stereocenters. The fraction of sp³-hybridized carbons (Fsp3) is 0.333. The molecule has 2 N–H and O–H groups in total. The molecule has 2 aliphatic rings. The lowest BCUT2D eigenvalue weighted by Crippen LogP contribution is -2.24. The number of halogens is 1. The minimum atomic E-state index is -0.262. The molecule has 3 heteroatoms. The van der Waals surface area contributed by atoms with Gasteiger partial charge in [-0.05, 0) is 48.1 Å². The van der Waals surface area contributed by atoms with Gasteiger partial charge in [0.15, 0.2) is 0 Å². The topological polar surface area (TPSA) is 35.2 Å². The van der Waals surface area contributed by atoms with E-state index in [-0.39, 0.29) is 18.0 Å². The Morgan fingerprint density at radius 2 is 1.86 bits per heavy atom. The van der Waals surface area contributed by atoms with Crippen molar-refractivity contribution in [2.75, 3.05) is 0 Å². The van der Waals surface area contributed by atoms with Gasteiger partial charge >= 0.3 is 0 Å². The Hall–Kier alpha value is -1.87. The Morgan fingerprint density at radius 3 is 2.67 bits per heavy atom. The third-order valence-corrected chi connectivity index (χ3v) is 4.44. The van der Waals surface area contributed by atoms with E-state index in [1.54, 1.807) is 6.07 Å².